The maximum Gasteiger partial charge on any atom is 0.292 e. The number of nitrogens with one attached hydrogen (secondary N) is 1. The number of hydrogen-bond donors (Lipinski definition) is 1. The molecule has 0 atom stereocenters. The van der Waals surface area contributed by atoms with Crippen LogP contribution in [-0.2, 0) is 11.2 Å². The smallest absolute Gasteiger partial charge is 0.268 e. The fourth-order valence-electron chi connectivity index (χ4n) is 0.933. The van der Waals surface area contributed by atoms with E-state index in [2.05, 4.69) is 10.5 Å². The summed E-state index contributed by atoms with van der Waals surface area (Å²) in [7, 11) is 0. The van der Waals surface area contributed by atoms with Crippen molar-refractivity contribution in [2.45, 2.75) is 10.2 Å². The van der Waals surface area contributed by atoms with E-state index in [0.717, 1.165) is 5.56 Å². The molecular formula is C10H9Cl3N2O. The Balaban J connectivity index is 2.37. The van der Waals surface area contributed by atoms with E-state index in [4.69, 9.17) is 34.8 Å². The molecule has 0 heterocycles. The van der Waals surface area contributed by atoms with Crippen molar-refractivity contribution in [2.24, 2.45) is 5.10 Å². The number of hydrogen-bond acceptors (Lipinski definition) is 2. The lowest BCUT2D eigenvalue weighted by Gasteiger charge is -2.06. The summed E-state index contributed by atoms with van der Waals surface area (Å²) < 4.78 is -1.98. The molecule has 0 aliphatic carbocycles. The van der Waals surface area contributed by atoms with Crippen molar-refractivity contribution < 1.29 is 4.79 Å². The highest BCUT2D eigenvalue weighted by atomic mass is 35.6. The first-order valence-electron chi connectivity index (χ1n) is 4.43. The molecule has 86 valence electrons. The Morgan fingerprint density at radius 1 is 1.31 bits per heavy atom. The summed E-state index contributed by atoms with van der Waals surface area (Å²) in [5.41, 5.74) is 3.21. The van der Waals surface area contributed by atoms with Crippen LogP contribution in [-0.4, -0.2) is 15.9 Å². The Hall–Kier alpha value is -0.770. The Morgan fingerprint density at radius 2 is 1.94 bits per heavy atom. The van der Waals surface area contributed by atoms with E-state index in [1.165, 1.54) is 6.21 Å². The first kappa shape index (κ1) is 13.3. The molecule has 1 amide bonds. The second kappa shape index (κ2) is 6.09. The summed E-state index contributed by atoms with van der Waals surface area (Å²) in [5.74, 6) is -0.776. The summed E-state index contributed by atoms with van der Waals surface area (Å²) >= 11 is 16.0. The molecule has 0 saturated carbocycles. The van der Waals surface area contributed by atoms with E-state index < -0.39 is 9.70 Å². The molecule has 0 spiro atoms. The van der Waals surface area contributed by atoms with Gasteiger partial charge in [0.25, 0.3) is 9.70 Å². The number of hydrazone groups is 1. The van der Waals surface area contributed by atoms with E-state index in [9.17, 15) is 4.79 Å². The van der Waals surface area contributed by atoms with E-state index in [0.29, 0.717) is 6.42 Å². The van der Waals surface area contributed by atoms with Crippen LogP contribution >= 0.6 is 34.8 Å². The average Bonchev–Trinajstić information content (AvgIpc) is 2.24. The van der Waals surface area contributed by atoms with Crippen LogP contribution in [0, 0.1) is 0 Å². The van der Waals surface area contributed by atoms with Crippen LogP contribution in [0.15, 0.2) is 35.4 Å². The van der Waals surface area contributed by atoms with Gasteiger partial charge in [0.15, 0.2) is 0 Å². The average molecular weight is 280 g/mol. The third-order valence-corrected chi connectivity index (χ3v) is 2.20. The molecule has 0 unspecified atom stereocenters. The third kappa shape index (κ3) is 4.84. The summed E-state index contributed by atoms with van der Waals surface area (Å²) in [4.78, 5) is 11.1. The predicted octanol–water partition coefficient (Wildman–Crippen LogP) is 2.70. The zero-order valence-corrected chi connectivity index (χ0v) is 10.4. The van der Waals surface area contributed by atoms with Crippen molar-refractivity contribution in [2.75, 3.05) is 0 Å². The van der Waals surface area contributed by atoms with Crippen molar-refractivity contribution in [3.63, 3.8) is 0 Å². The molecule has 6 heteroatoms. The quantitative estimate of drug-likeness (QED) is 0.516. The van der Waals surface area contributed by atoms with Crippen molar-refractivity contribution >= 4 is 46.9 Å². The lowest BCUT2D eigenvalue weighted by atomic mass is 10.2. The molecular weight excluding hydrogens is 270 g/mol. The molecule has 3 nitrogen and oxygen atoms in total. The minimum atomic E-state index is -1.98. The largest absolute Gasteiger partial charge is 0.292 e. The Bertz CT molecular complexity index is 373. The maximum atomic E-state index is 11.1. The van der Waals surface area contributed by atoms with Gasteiger partial charge >= 0.3 is 0 Å². The second-order valence-electron chi connectivity index (χ2n) is 2.94. The van der Waals surface area contributed by atoms with Gasteiger partial charge in [0.1, 0.15) is 0 Å². The SMILES string of the molecule is O=C(N/N=C\Cc1ccccc1)C(Cl)(Cl)Cl. The van der Waals surface area contributed by atoms with Gasteiger partial charge in [-0.05, 0) is 5.56 Å². The van der Waals surface area contributed by atoms with Gasteiger partial charge in [-0.3, -0.25) is 4.79 Å². The van der Waals surface area contributed by atoms with Crippen molar-refractivity contribution in [1.29, 1.82) is 0 Å². The molecule has 0 fully saturated rings. The van der Waals surface area contributed by atoms with Crippen molar-refractivity contribution in [3.8, 4) is 0 Å². The van der Waals surface area contributed by atoms with Gasteiger partial charge in [-0.15, -0.1) is 0 Å². The van der Waals surface area contributed by atoms with E-state index in [1.54, 1.807) is 0 Å². The zero-order valence-electron chi connectivity index (χ0n) is 8.16. The lowest BCUT2D eigenvalue weighted by Crippen LogP contribution is -2.30. The van der Waals surface area contributed by atoms with Crippen LogP contribution in [0.2, 0.25) is 0 Å². The second-order valence-corrected chi connectivity index (χ2v) is 5.22. The normalized spacial score (nSPS) is 11.7. The molecule has 1 aromatic rings. The van der Waals surface area contributed by atoms with Gasteiger partial charge in [-0.2, -0.15) is 5.10 Å². The molecule has 0 aliphatic rings. The van der Waals surface area contributed by atoms with E-state index in [-0.39, 0.29) is 0 Å². The molecule has 1 N–H and O–H groups in total. The molecule has 0 aliphatic heterocycles. The van der Waals surface area contributed by atoms with Gasteiger partial charge in [-0.25, -0.2) is 5.43 Å². The maximum absolute atomic E-state index is 11.1. The van der Waals surface area contributed by atoms with Crippen LogP contribution < -0.4 is 5.43 Å². The van der Waals surface area contributed by atoms with Crippen molar-refractivity contribution in [1.82, 2.24) is 5.43 Å². The predicted molar refractivity (Wildman–Crippen MR) is 67.1 cm³/mol. The monoisotopic (exact) mass is 278 g/mol. The fraction of sp³-hybridized carbons (Fsp3) is 0.200. The van der Waals surface area contributed by atoms with Gasteiger partial charge in [0.05, 0.1) is 0 Å². The summed E-state index contributed by atoms with van der Waals surface area (Å²) in [6.07, 6.45) is 2.13. The van der Waals surface area contributed by atoms with Crippen LogP contribution in [0.5, 0.6) is 0 Å². The minimum absolute atomic E-state index is 0.598. The number of carbonyl (C=O) groups is 1. The number of halogens is 3. The topological polar surface area (TPSA) is 41.5 Å². The highest BCUT2D eigenvalue weighted by molar-refractivity contribution is 6.76. The van der Waals surface area contributed by atoms with Crippen LogP contribution in [0.1, 0.15) is 5.56 Å². The van der Waals surface area contributed by atoms with Crippen molar-refractivity contribution in [3.05, 3.63) is 35.9 Å². The molecule has 1 rings (SSSR count). The number of benzene rings is 1. The Kier molecular flexibility index (Phi) is 5.06. The summed E-state index contributed by atoms with van der Waals surface area (Å²) in [5, 5.41) is 3.66. The van der Waals surface area contributed by atoms with Gasteiger partial charge in [0, 0.05) is 12.6 Å². The number of amides is 1. The Labute approximate surface area is 108 Å². The summed E-state index contributed by atoms with van der Waals surface area (Å²) in [6, 6.07) is 9.66. The standard InChI is InChI=1S/C10H9Cl3N2O/c11-10(12,13)9(16)15-14-7-6-8-4-2-1-3-5-8/h1-5,7H,6H2,(H,15,16)/b14-7-. The van der Waals surface area contributed by atoms with Gasteiger partial charge in [-0.1, -0.05) is 65.1 Å². The third-order valence-electron chi connectivity index (χ3n) is 1.68. The molecule has 0 radical (unpaired) electrons. The molecule has 16 heavy (non-hydrogen) atoms. The molecule has 0 saturated heterocycles. The number of alkyl halides is 3. The first-order chi connectivity index (χ1) is 7.50. The summed E-state index contributed by atoms with van der Waals surface area (Å²) in [6.45, 7) is 0. The molecule has 0 aromatic heterocycles. The zero-order chi connectivity index (χ0) is 12.0. The number of nitrogens with zero attached hydrogens (tertiary/aromatic N) is 1. The van der Waals surface area contributed by atoms with Crippen LogP contribution in [0.25, 0.3) is 0 Å². The highest BCUT2D eigenvalue weighted by Crippen LogP contribution is 2.25. The van der Waals surface area contributed by atoms with Crippen LogP contribution in [0.4, 0.5) is 0 Å². The van der Waals surface area contributed by atoms with Gasteiger partial charge < -0.3 is 0 Å². The molecule has 1 aromatic carbocycles. The van der Waals surface area contributed by atoms with Crippen LogP contribution in [0.3, 0.4) is 0 Å². The molecule has 0 bridgehead atoms. The first-order valence-corrected chi connectivity index (χ1v) is 5.56. The number of carbonyl (C=O) groups excluding carboxylic acids is 1. The Morgan fingerprint density at radius 3 is 2.50 bits per heavy atom. The van der Waals surface area contributed by atoms with E-state index in [1.807, 2.05) is 30.3 Å². The fourth-order valence-corrected chi connectivity index (χ4v) is 1.06. The van der Waals surface area contributed by atoms with Gasteiger partial charge in [0.2, 0.25) is 0 Å². The minimum Gasteiger partial charge on any atom is -0.268 e. The highest BCUT2D eigenvalue weighted by Gasteiger charge is 2.30. The number of rotatable bonds is 3. The lowest BCUT2D eigenvalue weighted by molar-refractivity contribution is -0.120. The van der Waals surface area contributed by atoms with E-state index >= 15 is 0 Å².